The first kappa shape index (κ1) is 28.0. The lowest BCUT2D eigenvalue weighted by atomic mass is 9.98. The molecule has 0 fully saturated rings. The van der Waals surface area contributed by atoms with Crippen LogP contribution in [0.25, 0.3) is 0 Å². The molecule has 0 aromatic heterocycles. The Morgan fingerprint density at radius 3 is 2.35 bits per heavy atom. The number of nitrogens with two attached hydrogens (primary N) is 1. The van der Waals surface area contributed by atoms with Crippen molar-refractivity contribution in [2.75, 3.05) is 33.5 Å². The Morgan fingerprint density at radius 1 is 0.946 bits per heavy atom. The maximum absolute atomic E-state index is 11.4. The lowest BCUT2D eigenvalue weighted by Gasteiger charge is -2.15. The number of benzene rings is 3. The van der Waals surface area contributed by atoms with Gasteiger partial charge < -0.3 is 35.5 Å². The maximum atomic E-state index is 11.4. The van der Waals surface area contributed by atoms with Crippen LogP contribution in [0.2, 0.25) is 0 Å². The predicted octanol–water partition coefficient (Wildman–Crippen LogP) is 3.22. The van der Waals surface area contributed by atoms with Crippen LogP contribution in [0.5, 0.6) is 17.2 Å². The summed E-state index contributed by atoms with van der Waals surface area (Å²) in [7, 11) is 1.63. The Bertz CT molecular complexity index is 1120. The number of methoxy groups -OCH3 is 1. The normalized spacial score (nSPS) is 11.7. The van der Waals surface area contributed by atoms with E-state index in [1.165, 1.54) is 17.2 Å². The van der Waals surface area contributed by atoms with Crippen molar-refractivity contribution in [2.24, 2.45) is 5.73 Å². The van der Waals surface area contributed by atoms with Crippen LogP contribution in [0.1, 0.15) is 33.5 Å². The molecule has 3 aromatic rings. The molecule has 0 heterocycles. The van der Waals surface area contributed by atoms with Crippen LogP contribution < -0.4 is 20.5 Å². The molecule has 0 saturated carbocycles. The molecular weight excluding hydrogens is 472 g/mol. The Morgan fingerprint density at radius 2 is 1.65 bits per heavy atom. The van der Waals surface area contributed by atoms with Gasteiger partial charge in [-0.05, 0) is 72.4 Å². The summed E-state index contributed by atoms with van der Waals surface area (Å²) >= 11 is 0. The molecular formula is C29H36N2O6. The molecule has 3 rings (SSSR count). The summed E-state index contributed by atoms with van der Waals surface area (Å²) in [5, 5.41) is 23.4. The number of aliphatic hydroxyl groups is 1. The molecule has 0 aliphatic rings. The number of rotatable bonds is 16. The van der Waals surface area contributed by atoms with E-state index < -0.39 is 12.0 Å². The van der Waals surface area contributed by atoms with Gasteiger partial charge in [0.25, 0.3) is 5.91 Å². The van der Waals surface area contributed by atoms with E-state index in [4.69, 9.17) is 19.9 Å². The number of aryl methyl sites for hydroxylation is 2. The molecule has 0 bridgehead atoms. The van der Waals surface area contributed by atoms with Crippen LogP contribution in [-0.4, -0.2) is 55.7 Å². The Labute approximate surface area is 218 Å². The number of phenols is 1. The van der Waals surface area contributed by atoms with Crippen LogP contribution >= 0.6 is 0 Å². The van der Waals surface area contributed by atoms with Gasteiger partial charge in [-0.25, -0.2) is 0 Å². The topological polar surface area (TPSA) is 123 Å². The maximum Gasteiger partial charge on any atom is 0.252 e. The van der Waals surface area contributed by atoms with E-state index in [-0.39, 0.29) is 17.9 Å². The van der Waals surface area contributed by atoms with E-state index in [0.29, 0.717) is 32.1 Å². The van der Waals surface area contributed by atoms with Gasteiger partial charge in [0.1, 0.15) is 36.6 Å². The molecule has 0 saturated heterocycles. The number of ether oxygens (including phenoxy) is 3. The largest absolute Gasteiger partial charge is 0.507 e. The summed E-state index contributed by atoms with van der Waals surface area (Å²) in [6.45, 7) is 2.22. The predicted molar refractivity (Wildman–Crippen MR) is 142 cm³/mol. The number of carbonyl (C=O) groups excluding carboxylic acids is 1. The Balaban J connectivity index is 1.40. The molecule has 1 unspecified atom stereocenters. The molecule has 1 atom stereocenters. The third kappa shape index (κ3) is 9.42. The second kappa shape index (κ2) is 14.8. The average Bonchev–Trinajstić information content (AvgIpc) is 2.90. The average molecular weight is 509 g/mol. The summed E-state index contributed by atoms with van der Waals surface area (Å²) in [5.74, 6) is 0.676. The standard InChI is InChI=1S/C29H36N2O6/c1-35-15-16-36-25-10-12-26(13-11-25)37-20-24(32)19-31-18-23-7-3-2-6-22(23)8-4-5-21-9-14-28(33)27(17-21)29(30)34/h2-3,6-7,9-14,17,24,31-33H,4-5,8,15-16,18-20H2,1H3,(H2,30,34). The van der Waals surface area contributed by atoms with Crippen molar-refractivity contribution < 1.29 is 29.2 Å². The smallest absolute Gasteiger partial charge is 0.252 e. The fourth-order valence-electron chi connectivity index (χ4n) is 3.89. The molecule has 1 amide bonds. The molecule has 0 radical (unpaired) electrons. The van der Waals surface area contributed by atoms with Crippen molar-refractivity contribution in [3.05, 3.63) is 89.0 Å². The van der Waals surface area contributed by atoms with Gasteiger partial charge in [0, 0.05) is 20.2 Å². The first-order valence-corrected chi connectivity index (χ1v) is 12.4. The number of hydrogen-bond donors (Lipinski definition) is 4. The van der Waals surface area contributed by atoms with Gasteiger partial charge in [0.05, 0.1) is 12.2 Å². The minimum absolute atomic E-state index is 0.0958. The molecule has 8 nitrogen and oxygen atoms in total. The summed E-state index contributed by atoms with van der Waals surface area (Å²) in [6.07, 6.45) is 1.85. The minimum Gasteiger partial charge on any atom is -0.507 e. The summed E-state index contributed by atoms with van der Waals surface area (Å²) in [4.78, 5) is 11.4. The lowest BCUT2D eigenvalue weighted by molar-refractivity contribution is 0.0997. The van der Waals surface area contributed by atoms with Crippen molar-refractivity contribution in [1.29, 1.82) is 0 Å². The number of primary amides is 1. The van der Waals surface area contributed by atoms with E-state index in [2.05, 4.69) is 17.4 Å². The zero-order chi connectivity index (χ0) is 26.5. The van der Waals surface area contributed by atoms with Crippen LogP contribution in [0.15, 0.2) is 66.7 Å². The van der Waals surface area contributed by atoms with Gasteiger partial charge in [-0.1, -0.05) is 30.3 Å². The molecule has 0 spiro atoms. The zero-order valence-corrected chi connectivity index (χ0v) is 21.2. The monoisotopic (exact) mass is 508 g/mol. The highest BCUT2D eigenvalue weighted by molar-refractivity contribution is 5.95. The zero-order valence-electron chi connectivity index (χ0n) is 21.2. The minimum atomic E-state index is -0.654. The van der Waals surface area contributed by atoms with Crippen molar-refractivity contribution in [3.8, 4) is 17.2 Å². The van der Waals surface area contributed by atoms with Crippen molar-refractivity contribution in [3.63, 3.8) is 0 Å². The SMILES string of the molecule is COCCOc1ccc(OCC(O)CNCc2ccccc2CCCc2ccc(O)c(C(N)=O)c2)cc1. The molecule has 37 heavy (non-hydrogen) atoms. The van der Waals surface area contributed by atoms with Gasteiger partial charge >= 0.3 is 0 Å². The van der Waals surface area contributed by atoms with Gasteiger partial charge in [0.15, 0.2) is 0 Å². The van der Waals surface area contributed by atoms with Crippen LogP contribution in [0.4, 0.5) is 0 Å². The van der Waals surface area contributed by atoms with Crippen molar-refractivity contribution in [2.45, 2.75) is 31.9 Å². The summed E-state index contributed by atoms with van der Waals surface area (Å²) < 4.78 is 16.2. The van der Waals surface area contributed by atoms with Crippen LogP contribution in [0.3, 0.4) is 0 Å². The quantitative estimate of drug-likeness (QED) is 0.219. The molecule has 0 aliphatic carbocycles. The summed E-state index contributed by atoms with van der Waals surface area (Å²) in [5.41, 5.74) is 8.82. The van der Waals surface area contributed by atoms with E-state index in [0.717, 1.165) is 30.6 Å². The third-order valence-corrected chi connectivity index (χ3v) is 5.87. The fraction of sp³-hybridized carbons (Fsp3) is 0.345. The molecule has 0 aliphatic heterocycles. The van der Waals surface area contributed by atoms with Gasteiger partial charge in [-0.2, -0.15) is 0 Å². The second-order valence-electron chi connectivity index (χ2n) is 8.75. The third-order valence-electron chi connectivity index (χ3n) is 5.87. The van der Waals surface area contributed by atoms with E-state index >= 15 is 0 Å². The van der Waals surface area contributed by atoms with Crippen molar-refractivity contribution >= 4 is 5.91 Å². The molecule has 198 valence electrons. The van der Waals surface area contributed by atoms with Crippen LogP contribution in [-0.2, 0) is 24.1 Å². The number of amides is 1. The number of nitrogens with one attached hydrogen (secondary N) is 1. The van der Waals surface area contributed by atoms with Crippen LogP contribution in [0, 0.1) is 0 Å². The highest BCUT2D eigenvalue weighted by atomic mass is 16.5. The fourth-order valence-corrected chi connectivity index (χ4v) is 3.89. The molecule has 5 N–H and O–H groups in total. The Kier molecular flexibility index (Phi) is 11.2. The molecule has 3 aromatic carbocycles. The van der Waals surface area contributed by atoms with Gasteiger partial charge in [-0.3, -0.25) is 4.79 Å². The van der Waals surface area contributed by atoms with Gasteiger partial charge in [-0.15, -0.1) is 0 Å². The number of aliphatic hydroxyl groups excluding tert-OH is 1. The van der Waals surface area contributed by atoms with Gasteiger partial charge in [0.2, 0.25) is 0 Å². The van der Waals surface area contributed by atoms with E-state index in [1.54, 1.807) is 13.2 Å². The first-order chi connectivity index (χ1) is 18.0. The second-order valence-corrected chi connectivity index (χ2v) is 8.75. The highest BCUT2D eigenvalue weighted by Gasteiger charge is 2.10. The number of hydrogen-bond acceptors (Lipinski definition) is 7. The number of carbonyl (C=O) groups is 1. The summed E-state index contributed by atoms with van der Waals surface area (Å²) in [6, 6.07) is 20.4. The number of aromatic hydroxyl groups is 1. The van der Waals surface area contributed by atoms with E-state index in [9.17, 15) is 15.0 Å². The lowest BCUT2D eigenvalue weighted by Crippen LogP contribution is -2.31. The highest BCUT2D eigenvalue weighted by Crippen LogP contribution is 2.20. The Hall–Kier alpha value is -3.59. The van der Waals surface area contributed by atoms with E-state index in [1.807, 2.05) is 42.5 Å². The molecule has 8 heteroatoms. The first-order valence-electron chi connectivity index (χ1n) is 12.4. The van der Waals surface area contributed by atoms with Crippen molar-refractivity contribution in [1.82, 2.24) is 5.32 Å².